The number of aliphatic hydroxyl groups is 1. The van der Waals surface area contributed by atoms with Gasteiger partial charge in [-0.3, -0.25) is 0 Å². The zero-order valence-electron chi connectivity index (χ0n) is 17.1. The Morgan fingerprint density at radius 2 is 2.10 bits per heavy atom. The van der Waals surface area contributed by atoms with Gasteiger partial charge in [0.2, 0.25) is 0 Å². The van der Waals surface area contributed by atoms with Crippen molar-refractivity contribution in [2.75, 3.05) is 19.7 Å². The third kappa shape index (κ3) is 5.31. The summed E-state index contributed by atoms with van der Waals surface area (Å²) >= 11 is 0. The van der Waals surface area contributed by atoms with Crippen LogP contribution in [0.25, 0.3) is 22.3 Å². The van der Waals surface area contributed by atoms with Crippen molar-refractivity contribution >= 4 is 11.0 Å². The maximum Gasteiger partial charge on any atom is 0.419 e. The number of nitriles is 1. The molecule has 1 aromatic carbocycles. The highest BCUT2D eigenvalue weighted by Gasteiger charge is 2.35. The molecule has 7 nitrogen and oxygen atoms in total. The third-order valence-corrected chi connectivity index (χ3v) is 4.59. The molecule has 3 aromatic rings. The molecule has 0 radical (unpaired) electrons. The lowest BCUT2D eigenvalue weighted by Gasteiger charge is -2.16. The van der Waals surface area contributed by atoms with Crippen molar-refractivity contribution in [1.29, 1.82) is 5.26 Å². The van der Waals surface area contributed by atoms with Crippen molar-refractivity contribution in [3.8, 4) is 23.1 Å². The van der Waals surface area contributed by atoms with E-state index in [9.17, 15) is 23.5 Å². The van der Waals surface area contributed by atoms with Crippen molar-refractivity contribution in [2.45, 2.75) is 25.6 Å². The first-order valence-corrected chi connectivity index (χ1v) is 9.66. The average molecular weight is 433 g/mol. The van der Waals surface area contributed by atoms with Crippen LogP contribution in [0.1, 0.15) is 24.6 Å². The number of hydrogen-bond acceptors (Lipinski definition) is 6. The molecule has 0 aliphatic rings. The molecule has 0 fully saturated rings. The lowest BCUT2D eigenvalue weighted by Crippen LogP contribution is -2.26. The minimum atomic E-state index is -4.62. The van der Waals surface area contributed by atoms with Crippen LogP contribution in [0.5, 0.6) is 5.75 Å². The molecule has 0 aliphatic heterocycles. The van der Waals surface area contributed by atoms with Crippen LogP contribution in [-0.2, 0) is 13.2 Å². The SMILES string of the molecule is CC(O)CNCCCOc1ccc(-c2cc3c(ncn3C)c(C#N)n2)cc1C(F)(F)F. The first-order chi connectivity index (χ1) is 14.7. The van der Waals surface area contributed by atoms with Crippen LogP contribution >= 0.6 is 0 Å². The van der Waals surface area contributed by atoms with Gasteiger partial charge >= 0.3 is 6.18 Å². The van der Waals surface area contributed by atoms with E-state index in [-0.39, 0.29) is 29.3 Å². The Morgan fingerprint density at radius 3 is 2.77 bits per heavy atom. The summed E-state index contributed by atoms with van der Waals surface area (Å²) in [6.07, 6.45) is -3.11. The fraction of sp³-hybridized carbons (Fsp3) is 0.381. The van der Waals surface area contributed by atoms with Gasteiger partial charge in [-0.25, -0.2) is 9.97 Å². The van der Waals surface area contributed by atoms with Gasteiger partial charge in [0.25, 0.3) is 0 Å². The number of rotatable bonds is 8. The second kappa shape index (κ2) is 9.32. The van der Waals surface area contributed by atoms with Gasteiger partial charge in [0.05, 0.1) is 35.8 Å². The van der Waals surface area contributed by atoms with Crippen molar-refractivity contribution in [2.24, 2.45) is 7.05 Å². The Morgan fingerprint density at radius 1 is 1.32 bits per heavy atom. The van der Waals surface area contributed by atoms with E-state index in [1.165, 1.54) is 18.5 Å². The molecule has 10 heteroatoms. The summed E-state index contributed by atoms with van der Waals surface area (Å²) in [4.78, 5) is 8.31. The summed E-state index contributed by atoms with van der Waals surface area (Å²) in [5.74, 6) is -0.270. The summed E-state index contributed by atoms with van der Waals surface area (Å²) in [5.41, 5.74) is 0.595. The number of aromatic nitrogens is 3. The van der Waals surface area contributed by atoms with E-state index < -0.39 is 17.8 Å². The molecule has 3 rings (SSSR count). The average Bonchev–Trinajstić information content (AvgIpc) is 3.10. The van der Waals surface area contributed by atoms with E-state index >= 15 is 0 Å². The molecule has 0 saturated heterocycles. The molecular formula is C21H22F3N5O2. The van der Waals surface area contributed by atoms with Gasteiger partial charge in [0.1, 0.15) is 17.3 Å². The fourth-order valence-electron chi connectivity index (χ4n) is 3.08. The van der Waals surface area contributed by atoms with Crippen LogP contribution in [0.15, 0.2) is 30.6 Å². The quantitative estimate of drug-likeness (QED) is 0.530. The van der Waals surface area contributed by atoms with E-state index in [1.54, 1.807) is 24.6 Å². The van der Waals surface area contributed by atoms with Crippen LogP contribution < -0.4 is 10.1 Å². The zero-order chi connectivity index (χ0) is 22.6. The standard InChI is InChI=1S/C21H22F3N5O2/c1-13(30)11-26-6-3-7-31-19-5-4-14(8-15(19)21(22,23)24)16-9-18-20(17(10-25)28-16)27-12-29(18)2/h4-5,8-9,12-13,26,30H,3,6-7,11H2,1-2H3. The zero-order valence-corrected chi connectivity index (χ0v) is 17.1. The van der Waals surface area contributed by atoms with Crippen molar-refractivity contribution in [3.05, 3.63) is 41.9 Å². The lowest BCUT2D eigenvalue weighted by atomic mass is 10.1. The number of nitrogens with zero attached hydrogens (tertiary/aromatic N) is 4. The van der Waals surface area contributed by atoms with Crippen molar-refractivity contribution in [1.82, 2.24) is 19.9 Å². The molecule has 2 N–H and O–H groups in total. The minimum Gasteiger partial charge on any atom is -0.493 e. The van der Waals surface area contributed by atoms with Gasteiger partial charge in [0.15, 0.2) is 5.69 Å². The number of aliphatic hydroxyl groups excluding tert-OH is 1. The maximum absolute atomic E-state index is 13.7. The first-order valence-electron chi connectivity index (χ1n) is 9.66. The molecule has 31 heavy (non-hydrogen) atoms. The van der Waals surface area contributed by atoms with E-state index in [4.69, 9.17) is 4.74 Å². The van der Waals surface area contributed by atoms with Gasteiger partial charge in [0, 0.05) is 19.2 Å². The number of imidazole rings is 1. The minimum absolute atomic E-state index is 0.0479. The molecule has 0 bridgehead atoms. The molecule has 0 amide bonds. The van der Waals surface area contributed by atoms with Gasteiger partial charge in [-0.15, -0.1) is 0 Å². The maximum atomic E-state index is 13.7. The van der Waals surface area contributed by atoms with E-state index in [0.717, 1.165) is 6.07 Å². The summed E-state index contributed by atoms with van der Waals surface area (Å²) in [6, 6.07) is 7.28. The van der Waals surface area contributed by atoms with Crippen molar-refractivity contribution < 1.29 is 23.0 Å². The highest BCUT2D eigenvalue weighted by atomic mass is 19.4. The monoisotopic (exact) mass is 433 g/mol. The summed E-state index contributed by atoms with van der Waals surface area (Å²) < 4.78 is 48.1. The Balaban J connectivity index is 1.86. The smallest absolute Gasteiger partial charge is 0.419 e. The van der Waals surface area contributed by atoms with Gasteiger partial charge in [-0.05, 0) is 44.2 Å². The molecule has 164 valence electrons. The van der Waals surface area contributed by atoms with Crippen LogP contribution in [0.3, 0.4) is 0 Å². The van der Waals surface area contributed by atoms with E-state index in [2.05, 4.69) is 15.3 Å². The Bertz CT molecular complexity index is 1100. The number of pyridine rings is 1. The summed E-state index contributed by atoms with van der Waals surface area (Å²) in [6.45, 7) is 2.64. The lowest BCUT2D eigenvalue weighted by molar-refractivity contribution is -0.138. The third-order valence-electron chi connectivity index (χ3n) is 4.59. The van der Waals surface area contributed by atoms with E-state index in [0.29, 0.717) is 30.5 Å². The largest absolute Gasteiger partial charge is 0.493 e. The topological polar surface area (TPSA) is 96.0 Å². The molecular weight excluding hydrogens is 411 g/mol. The van der Waals surface area contributed by atoms with E-state index in [1.807, 2.05) is 6.07 Å². The molecule has 1 atom stereocenters. The fourth-order valence-corrected chi connectivity index (χ4v) is 3.08. The first kappa shape index (κ1) is 22.5. The summed E-state index contributed by atoms with van der Waals surface area (Å²) in [5, 5.41) is 21.5. The van der Waals surface area contributed by atoms with Crippen LogP contribution in [-0.4, -0.2) is 45.4 Å². The Labute approximate surface area is 177 Å². The Kier molecular flexibility index (Phi) is 6.77. The number of nitrogens with one attached hydrogen (secondary N) is 1. The van der Waals surface area contributed by atoms with Crippen LogP contribution in [0.4, 0.5) is 13.2 Å². The molecule has 0 saturated carbocycles. The number of hydrogen-bond donors (Lipinski definition) is 2. The number of aryl methyl sites for hydroxylation is 1. The highest BCUT2D eigenvalue weighted by Crippen LogP contribution is 2.39. The highest BCUT2D eigenvalue weighted by molar-refractivity contribution is 5.84. The van der Waals surface area contributed by atoms with Gasteiger partial charge in [-0.2, -0.15) is 18.4 Å². The molecule has 0 spiro atoms. The Hall–Kier alpha value is -3.16. The molecule has 2 heterocycles. The molecule has 0 aliphatic carbocycles. The number of ether oxygens (including phenoxy) is 1. The van der Waals surface area contributed by atoms with Gasteiger partial charge in [-0.1, -0.05) is 0 Å². The number of benzene rings is 1. The number of fused-ring (bicyclic) bond motifs is 1. The normalized spacial score (nSPS) is 12.7. The predicted molar refractivity (Wildman–Crippen MR) is 108 cm³/mol. The second-order valence-electron chi connectivity index (χ2n) is 7.15. The summed E-state index contributed by atoms with van der Waals surface area (Å²) in [7, 11) is 1.73. The molecule has 1 unspecified atom stereocenters. The van der Waals surface area contributed by atoms with Crippen LogP contribution in [0.2, 0.25) is 0 Å². The number of alkyl halides is 3. The molecule has 2 aromatic heterocycles. The second-order valence-corrected chi connectivity index (χ2v) is 7.15. The van der Waals surface area contributed by atoms with Gasteiger partial charge < -0.3 is 19.7 Å². The predicted octanol–water partition coefficient (Wildman–Crippen LogP) is 3.27. The van der Waals surface area contributed by atoms with Crippen LogP contribution in [0, 0.1) is 11.3 Å². The van der Waals surface area contributed by atoms with Crippen molar-refractivity contribution in [3.63, 3.8) is 0 Å². The number of halogens is 3.